The Morgan fingerprint density at radius 1 is 1.00 bits per heavy atom. The lowest BCUT2D eigenvalue weighted by molar-refractivity contribution is -0.121. The van der Waals surface area contributed by atoms with E-state index >= 15 is 0 Å². The van der Waals surface area contributed by atoms with Crippen molar-refractivity contribution in [2.45, 2.75) is 31.2 Å². The molecule has 0 aromatic heterocycles. The Bertz CT molecular complexity index is 817. The lowest BCUT2D eigenvalue weighted by Crippen LogP contribution is -2.46. The van der Waals surface area contributed by atoms with Crippen LogP contribution in [0.1, 0.15) is 41.6 Å². The smallest absolute Gasteiger partial charge is 0.259 e. The molecule has 2 aromatic rings. The monoisotopic (exact) mass is 321 g/mol. The van der Waals surface area contributed by atoms with E-state index in [-0.39, 0.29) is 11.7 Å². The minimum absolute atomic E-state index is 0.00759. The van der Waals surface area contributed by atoms with Gasteiger partial charge in [-0.05, 0) is 36.6 Å². The van der Waals surface area contributed by atoms with Crippen molar-refractivity contribution in [1.82, 2.24) is 0 Å². The number of amides is 1. The van der Waals surface area contributed by atoms with E-state index in [1.807, 2.05) is 53.4 Å². The summed E-state index contributed by atoms with van der Waals surface area (Å²) < 4.78 is 5.33. The molecule has 1 aliphatic carbocycles. The number of fused-ring (bicyclic) bond motifs is 2. The predicted molar refractivity (Wildman–Crippen MR) is 91.4 cm³/mol. The Hall–Kier alpha value is -2.62. The Labute approximate surface area is 141 Å². The van der Waals surface area contributed by atoms with E-state index in [0.29, 0.717) is 25.7 Å². The summed E-state index contributed by atoms with van der Waals surface area (Å²) in [5.41, 5.74) is 2.19. The van der Waals surface area contributed by atoms with E-state index in [9.17, 15) is 9.59 Å². The van der Waals surface area contributed by atoms with E-state index in [1.165, 1.54) is 0 Å². The van der Waals surface area contributed by atoms with Gasteiger partial charge in [0.1, 0.15) is 11.5 Å². The molecule has 122 valence electrons. The number of ether oxygens (including phenoxy) is 1. The second-order valence-corrected chi connectivity index (χ2v) is 6.46. The first kappa shape index (κ1) is 14.9. The molecule has 4 nitrogen and oxygen atoms in total. The van der Waals surface area contributed by atoms with Crippen LogP contribution in [0.25, 0.3) is 0 Å². The molecule has 4 heteroatoms. The molecule has 1 fully saturated rings. The normalized spacial score (nSPS) is 18.8. The molecular weight excluding hydrogens is 302 g/mol. The molecule has 1 aliphatic heterocycles. The summed E-state index contributed by atoms with van der Waals surface area (Å²) >= 11 is 0. The highest BCUT2D eigenvalue weighted by molar-refractivity contribution is 6.12. The lowest BCUT2D eigenvalue weighted by Gasteiger charge is -2.41. The lowest BCUT2D eigenvalue weighted by atomic mass is 9.76. The first-order valence-corrected chi connectivity index (χ1v) is 8.25. The Balaban J connectivity index is 1.88. The molecular formula is C20H19NO3. The fourth-order valence-electron chi connectivity index (χ4n) is 4.06. The molecule has 24 heavy (non-hydrogen) atoms. The predicted octanol–water partition coefficient (Wildman–Crippen LogP) is 3.69. The minimum Gasteiger partial charge on any atom is -0.497 e. The van der Waals surface area contributed by atoms with Crippen LogP contribution >= 0.6 is 0 Å². The Morgan fingerprint density at radius 3 is 2.50 bits per heavy atom. The number of Topliss-reactive ketones (excluding diaryl/α,β-unsaturated/α-hetero) is 1. The quantitative estimate of drug-likeness (QED) is 0.847. The number of ketones is 1. The fraction of sp³-hybridized carbons (Fsp3) is 0.300. The zero-order valence-electron chi connectivity index (χ0n) is 13.6. The molecule has 0 radical (unpaired) electrons. The molecule has 2 aromatic carbocycles. The van der Waals surface area contributed by atoms with Crippen LogP contribution in [-0.4, -0.2) is 18.8 Å². The summed E-state index contributed by atoms with van der Waals surface area (Å²) in [7, 11) is 1.62. The van der Waals surface area contributed by atoms with Crippen LogP contribution < -0.4 is 9.64 Å². The van der Waals surface area contributed by atoms with Crippen molar-refractivity contribution in [2.24, 2.45) is 0 Å². The van der Waals surface area contributed by atoms with Crippen molar-refractivity contribution in [3.8, 4) is 5.75 Å². The number of carbonyl (C=O) groups is 2. The topological polar surface area (TPSA) is 46.6 Å². The van der Waals surface area contributed by atoms with Gasteiger partial charge >= 0.3 is 0 Å². The van der Waals surface area contributed by atoms with Gasteiger partial charge in [0.15, 0.2) is 0 Å². The largest absolute Gasteiger partial charge is 0.497 e. The summed E-state index contributed by atoms with van der Waals surface area (Å²) in [5, 5.41) is 0. The van der Waals surface area contributed by atoms with Gasteiger partial charge < -0.3 is 4.74 Å². The second-order valence-electron chi connectivity index (χ2n) is 6.46. The molecule has 0 unspecified atom stereocenters. The zero-order valence-corrected chi connectivity index (χ0v) is 13.6. The first-order chi connectivity index (χ1) is 11.7. The molecule has 1 heterocycles. The summed E-state index contributed by atoms with van der Waals surface area (Å²) in [6.45, 7) is 0. The Morgan fingerprint density at radius 2 is 1.75 bits per heavy atom. The van der Waals surface area contributed by atoms with E-state index < -0.39 is 5.54 Å². The van der Waals surface area contributed by atoms with E-state index in [0.717, 1.165) is 22.6 Å². The maximum atomic E-state index is 13.2. The average Bonchev–Trinajstić information content (AvgIpc) is 2.87. The molecule has 1 spiro atoms. The van der Waals surface area contributed by atoms with E-state index in [1.54, 1.807) is 7.11 Å². The van der Waals surface area contributed by atoms with Gasteiger partial charge in [-0.15, -0.1) is 0 Å². The molecule has 0 saturated heterocycles. The molecule has 2 aliphatic rings. The average molecular weight is 321 g/mol. The number of hydrogen-bond donors (Lipinski definition) is 0. The maximum absolute atomic E-state index is 13.2. The van der Waals surface area contributed by atoms with Crippen molar-refractivity contribution in [3.63, 3.8) is 0 Å². The van der Waals surface area contributed by atoms with Crippen LogP contribution in [0.4, 0.5) is 5.69 Å². The van der Waals surface area contributed by atoms with Crippen LogP contribution in [0, 0.1) is 0 Å². The fourth-order valence-corrected chi connectivity index (χ4v) is 4.06. The first-order valence-electron chi connectivity index (χ1n) is 8.25. The van der Waals surface area contributed by atoms with Crippen molar-refractivity contribution in [3.05, 3.63) is 59.7 Å². The SMILES string of the molecule is COc1cccc(N2C(=O)c3ccccc3C23CCC(=O)CC3)c1. The highest BCUT2D eigenvalue weighted by Crippen LogP contribution is 2.50. The van der Waals surface area contributed by atoms with Crippen LogP contribution in [0.3, 0.4) is 0 Å². The summed E-state index contributed by atoms with van der Waals surface area (Å²) in [4.78, 5) is 26.9. The van der Waals surface area contributed by atoms with Crippen molar-refractivity contribution in [1.29, 1.82) is 0 Å². The third kappa shape index (κ3) is 2.06. The highest BCUT2D eigenvalue weighted by Gasteiger charge is 2.51. The van der Waals surface area contributed by atoms with Gasteiger partial charge in [0.25, 0.3) is 5.91 Å². The second kappa shape index (κ2) is 5.48. The standard InChI is InChI=1S/C20H19NO3/c1-24-16-6-4-5-14(13-16)21-19(23)17-7-2-3-8-18(17)20(21)11-9-15(22)10-12-20/h2-8,13H,9-12H2,1H3. The van der Waals surface area contributed by atoms with Gasteiger partial charge in [0, 0.05) is 30.2 Å². The van der Waals surface area contributed by atoms with Crippen molar-refractivity contribution in [2.75, 3.05) is 12.0 Å². The van der Waals surface area contributed by atoms with Gasteiger partial charge in [0.2, 0.25) is 0 Å². The highest BCUT2D eigenvalue weighted by atomic mass is 16.5. The Kier molecular flexibility index (Phi) is 3.41. The number of benzene rings is 2. The van der Waals surface area contributed by atoms with Gasteiger partial charge in [-0.1, -0.05) is 24.3 Å². The summed E-state index contributed by atoms with van der Waals surface area (Å²) in [5.74, 6) is 1.01. The molecule has 1 saturated carbocycles. The van der Waals surface area contributed by atoms with Crippen LogP contribution in [-0.2, 0) is 10.3 Å². The van der Waals surface area contributed by atoms with Gasteiger partial charge in [-0.3, -0.25) is 14.5 Å². The third-order valence-electron chi connectivity index (χ3n) is 5.24. The third-order valence-corrected chi connectivity index (χ3v) is 5.24. The van der Waals surface area contributed by atoms with E-state index in [2.05, 4.69) is 0 Å². The van der Waals surface area contributed by atoms with Crippen LogP contribution in [0.5, 0.6) is 5.75 Å². The molecule has 4 rings (SSSR count). The van der Waals surface area contributed by atoms with Gasteiger partial charge in [0.05, 0.1) is 12.6 Å². The van der Waals surface area contributed by atoms with Crippen LogP contribution in [0.15, 0.2) is 48.5 Å². The molecule has 1 amide bonds. The van der Waals surface area contributed by atoms with Crippen LogP contribution in [0.2, 0.25) is 0 Å². The van der Waals surface area contributed by atoms with Crippen molar-refractivity contribution >= 4 is 17.4 Å². The number of carbonyl (C=O) groups excluding carboxylic acids is 2. The number of methoxy groups -OCH3 is 1. The summed E-state index contributed by atoms with van der Waals surface area (Å²) in [6, 6.07) is 15.4. The number of hydrogen-bond acceptors (Lipinski definition) is 3. The van der Waals surface area contributed by atoms with Crippen molar-refractivity contribution < 1.29 is 14.3 Å². The molecule has 0 N–H and O–H groups in total. The zero-order chi connectivity index (χ0) is 16.7. The van der Waals surface area contributed by atoms with E-state index in [4.69, 9.17) is 4.74 Å². The van der Waals surface area contributed by atoms with Gasteiger partial charge in [-0.2, -0.15) is 0 Å². The number of nitrogens with zero attached hydrogens (tertiary/aromatic N) is 1. The summed E-state index contributed by atoms with van der Waals surface area (Å²) in [6.07, 6.45) is 2.38. The number of rotatable bonds is 2. The maximum Gasteiger partial charge on any atom is 0.259 e. The minimum atomic E-state index is -0.423. The van der Waals surface area contributed by atoms with Gasteiger partial charge in [-0.25, -0.2) is 0 Å². The number of anilines is 1. The molecule has 0 bridgehead atoms. The molecule has 0 atom stereocenters.